The van der Waals surface area contributed by atoms with E-state index in [0.717, 1.165) is 25.9 Å². The molecule has 0 heterocycles. The first-order valence-corrected chi connectivity index (χ1v) is 7.17. The van der Waals surface area contributed by atoms with Crippen LogP contribution in [-0.2, 0) is 0 Å². The maximum atomic E-state index is 12.5. The Hall–Kier alpha value is -1.42. The molecule has 0 saturated carbocycles. The molecule has 1 aromatic carbocycles. The molecule has 4 nitrogen and oxygen atoms in total. The summed E-state index contributed by atoms with van der Waals surface area (Å²) in [5.41, 5.74) is 0.523. The predicted molar refractivity (Wildman–Crippen MR) is 81.0 cm³/mol. The van der Waals surface area contributed by atoms with Crippen molar-refractivity contribution in [3.05, 3.63) is 22.7 Å². The molecule has 0 aromatic heterocycles. The second-order valence-electron chi connectivity index (χ2n) is 4.49. The van der Waals surface area contributed by atoms with Crippen molar-refractivity contribution in [2.75, 3.05) is 27.3 Å². The average Bonchev–Trinajstić information content (AvgIpc) is 2.45. The van der Waals surface area contributed by atoms with Gasteiger partial charge in [0.1, 0.15) is 0 Å². The van der Waals surface area contributed by atoms with E-state index in [4.69, 9.17) is 21.1 Å². The van der Waals surface area contributed by atoms with Gasteiger partial charge in [-0.2, -0.15) is 0 Å². The third-order valence-electron chi connectivity index (χ3n) is 2.95. The Morgan fingerprint density at radius 2 is 1.75 bits per heavy atom. The molecule has 5 heteroatoms. The van der Waals surface area contributed by atoms with Gasteiger partial charge in [-0.3, -0.25) is 4.79 Å². The summed E-state index contributed by atoms with van der Waals surface area (Å²) in [6.45, 7) is 5.58. The molecule has 1 aromatic rings. The van der Waals surface area contributed by atoms with Gasteiger partial charge in [-0.15, -0.1) is 0 Å². The van der Waals surface area contributed by atoms with Gasteiger partial charge in [0, 0.05) is 18.7 Å². The maximum Gasteiger partial charge on any atom is 0.254 e. The SMILES string of the molecule is CCCN(CCC)C(=O)c1cc(Cl)c(OC)c(OC)c1. The van der Waals surface area contributed by atoms with Gasteiger partial charge in [-0.1, -0.05) is 25.4 Å². The molecule has 0 bridgehead atoms. The van der Waals surface area contributed by atoms with Gasteiger partial charge in [0.05, 0.1) is 19.2 Å². The Bertz CT molecular complexity index is 457. The molecular formula is C15H22ClNO3. The van der Waals surface area contributed by atoms with E-state index in [1.165, 1.54) is 14.2 Å². The highest BCUT2D eigenvalue weighted by atomic mass is 35.5. The minimum Gasteiger partial charge on any atom is -0.493 e. The van der Waals surface area contributed by atoms with Crippen LogP contribution >= 0.6 is 11.6 Å². The first-order valence-electron chi connectivity index (χ1n) is 6.79. The summed E-state index contributed by atoms with van der Waals surface area (Å²) >= 11 is 6.14. The smallest absolute Gasteiger partial charge is 0.254 e. The maximum absolute atomic E-state index is 12.5. The Morgan fingerprint density at radius 3 is 2.20 bits per heavy atom. The van der Waals surface area contributed by atoms with Gasteiger partial charge in [0.25, 0.3) is 5.91 Å². The van der Waals surface area contributed by atoms with E-state index in [1.54, 1.807) is 12.1 Å². The number of rotatable bonds is 7. The number of ether oxygens (including phenoxy) is 2. The second kappa shape index (κ2) is 8.00. The summed E-state index contributed by atoms with van der Waals surface area (Å²) in [6.07, 6.45) is 1.85. The molecular weight excluding hydrogens is 278 g/mol. The molecule has 1 amide bonds. The number of amides is 1. The summed E-state index contributed by atoms with van der Waals surface area (Å²) in [6, 6.07) is 3.30. The van der Waals surface area contributed by atoms with E-state index in [-0.39, 0.29) is 5.91 Å². The number of halogens is 1. The van der Waals surface area contributed by atoms with Crippen molar-refractivity contribution in [1.29, 1.82) is 0 Å². The van der Waals surface area contributed by atoms with Crippen LogP contribution in [0.4, 0.5) is 0 Å². The lowest BCUT2D eigenvalue weighted by molar-refractivity contribution is 0.0755. The third kappa shape index (κ3) is 3.79. The van der Waals surface area contributed by atoms with Crippen LogP contribution in [0.5, 0.6) is 11.5 Å². The summed E-state index contributed by atoms with van der Waals surface area (Å²) in [7, 11) is 3.05. The molecule has 0 saturated heterocycles. The minimum atomic E-state index is -0.0310. The van der Waals surface area contributed by atoms with Crippen molar-refractivity contribution < 1.29 is 14.3 Å². The van der Waals surface area contributed by atoms with Crippen molar-refractivity contribution in [1.82, 2.24) is 4.90 Å². The van der Waals surface area contributed by atoms with Crippen LogP contribution < -0.4 is 9.47 Å². The zero-order valence-electron chi connectivity index (χ0n) is 12.5. The summed E-state index contributed by atoms with van der Waals surface area (Å²) in [5, 5.41) is 0.378. The molecule has 0 radical (unpaired) electrons. The highest BCUT2D eigenvalue weighted by molar-refractivity contribution is 6.32. The number of methoxy groups -OCH3 is 2. The Morgan fingerprint density at radius 1 is 1.15 bits per heavy atom. The number of carbonyl (C=O) groups excluding carboxylic acids is 1. The highest BCUT2D eigenvalue weighted by Gasteiger charge is 2.19. The summed E-state index contributed by atoms with van der Waals surface area (Å²) in [4.78, 5) is 14.3. The fraction of sp³-hybridized carbons (Fsp3) is 0.533. The van der Waals surface area contributed by atoms with E-state index in [9.17, 15) is 4.79 Å². The monoisotopic (exact) mass is 299 g/mol. The number of hydrogen-bond donors (Lipinski definition) is 0. The molecule has 0 spiro atoms. The van der Waals surface area contributed by atoms with Gasteiger partial charge in [0.2, 0.25) is 0 Å². The lowest BCUT2D eigenvalue weighted by atomic mass is 10.1. The standard InChI is InChI=1S/C15H22ClNO3/c1-5-7-17(8-6-2)15(18)11-9-12(16)14(20-4)13(10-11)19-3/h9-10H,5-8H2,1-4H3. The number of carbonyl (C=O) groups is 1. The van der Waals surface area contributed by atoms with Crippen molar-refractivity contribution in [3.63, 3.8) is 0 Å². The highest BCUT2D eigenvalue weighted by Crippen LogP contribution is 2.36. The average molecular weight is 300 g/mol. The number of benzene rings is 1. The van der Waals surface area contributed by atoms with Crippen LogP contribution in [0.2, 0.25) is 5.02 Å². The fourth-order valence-corrected chi connectivity index (χ4v) is 2.37. The van der Waals surface area contributed by atoms with Gasteiger partial charge >= 0.3 is 0 Å². The Kier molecular flexibility index (Phi) is 6.65. The summed E-state index contributed by atoms with van der Waals surface area (Å²) < 4.78 is 10.4. The van der Waals surface area contributed by atoms with Crippen LogP contribution in [0.25, 0.3) is 0 Å². The lowest BCUT2D eigenvalue weighted by Gasteiger charge is -2.22. The first kappa shape index (κ1) is 16.6. The van der Waals surface area contributed by atoms with Crippen LogP contribution in [-0.4, -0.2) is 38.1 Å². The zero-order valence-corrected chi connectivity index (χ0v) is 13.3. The van der Waals surface area contributed by atoms with Crippen molar-refractivity contribution >= 4 is 17.5 Å². The second-order valence-corrected chi connectivity index (χ2v) is 4.89. The predicted octanol–water partition coefficient (Wildman–Crippen LogP) is 3.62. The van der Waals surface area contributed by atoms with Crippen molar-refractivity contribution in [2.24, 2.45) is 0 Å². The van der Waals surface area contributed by atoms with Gasteiger partial charge in [0.15, 0.2) is 11.5 Å². The van der Waals surface area contributed by atoms with Crippen LogP contribution in [0, 0.1) is 0 Å². The molecule has 0 N–H and O–H groups in total. The topological polar surface area (TPSA) is 38.8 Å². The Balaban J connectivity index is 3.11. The molecule has 0 fully saturated rings. The Labute approximate surface area is 125 Å². The van der Waals surface area contributed by atoms with Crippen LogP contribution in [0.1, 0.15) is 37.0 Å². The molecule has 0 aliphatic rings. The largest absolute Gasteiger partial charge is 0.493 e. The van der Waals surface area contributed by atoms with E-state index >= 15 is 0 Å². The normalized spacial score (nSPS) is 10.2. The number of nitrogens with zero attached hydrogens (tertiary/aromatic N) is 1. The van der Waals surface area contributed by atoms with Gasteiger partial charge in [-0.05, 0) is 25.0 Å². The lowest BCUT2D eigenvalue weighted by Crippen LogP contribution is -2.32. The van der Waals surface area contributed by atoms with E-state index < -0.39 is 0 Å². The summed E-state index contributed by atoms with van der Waals surface area (Å²) in [5.74, 6) is 0.885. The van der Waals surface area contributed by atoms with Crippen LogP contribution in [0.15, 0.2) is 12.1 Å². The molecule has 0 aliphatic carbocycles. The molecule has 0 unspecified atom stereocenters. The quantitative estimate of drug-likeness (QED) is 0.772. The molecule has 1 rings (SSSR count). The van der Waals surface area contributed by atoms with Crippen molar-refractivity contribution in [3.8, 4) is 11.5 Å². The van der Waals surface area contributed by atoms with Crippen molar-refractivity contribution in [2.45, 2.75) is 26.7 Å². The molecule has 112 valence electrons. The fourth-order valence-electron chi connectivity index (χ4n) is 2.08. The van der Waals surface area contributed by atoms with E-state index in [0.29, 0.717) is 22.1 Å². The van der Waals surface area contributed by atoms with Gasteiger partial charge < -0.3 is 14.4 Å². The van der Waals surface area contributed by atoms with E-state index in [2.05, 4.69) is 13.8 Å². The molecule has 20 heavy (non-hydrogen) atoms. The zero-order chi connectivity index (χ0) is 15.1. The van der Waals surface area contributed by atoms with Gasteiger partial charge in [-0.25, -0.2) is 0 Å². The minimum absolute atomic E-state index is 0.0310. The third-order valence-corrected chi connectivity index (χ3v) is 3.24. The first-order chi connectivity index (χ1) is 9.58. The van der Waals surface area contributed by atoms with E-state index in [1.807, 2.05) is 4.90 Å². The molecule has 0 atom stereocenters. The molecule has 0 aliphatic heterocycles. The number of hydrogen-bond acceptors (Lipinski definition) is 3. The van der Waals surface area contributed by atoms with Crippen LogP contribution in [0.3, 0.4) is 0 Å².